The van der Waals surface area contributed by atoms with Crippen LogP contribution in [-0.4, -0.2) is 37.8 Å². The fraction of sp³-hybridized carbons (Fsp3) is 0.500. The normalized spacial score (nSPS) is 17.3. The number of fused-ring (bicyclic) bond motifs is 1. The fourth-order valence-electron chi connectivity index (χ4n) is 2.75. The maximum Gasteiger partial charge on any atom is 0.235 e. The van der Waals surface area contributed by atoms with Crippen molar-refractivity contribution in [2.75, 3.05) is 13.1 Å². The number of likely N-dealkylation sites (tertiary alicyclic amines) is 1. The second-order valence-corrected chi connectivity index (χ2v) is 7.29. The maximum absolute atomic E-state index is 4.70. The predicted octanol–water partition coefficient (Wildman–Crippen LogP) is 3.29. The van der Waals surface area contributed by atoms with Crippen molar-refractivity contribution in [3.8, 4) is 9.88 Å². The first-order valence-electron chi connectivity index (χ1n) is 7.37. The van der Waals surface area contributed by atoms with Crippen LogP contribution < -0.4 is 0 Å². The van der Waals surface area contributed by atoms with Crippen LogP contribution in [0.1, 0.15) is 31.5 Å². The van der Waals surface area contributed by atoms with E-state index in [4.69, 9.17) is 5.10 Å². The van der Waals surface area contributed by atoms with Gasteiger partial charge in [0, 0.05) is 0 Å². The molecule has 1 saturated heterocycles. The molecule has 5 nitrogen and oxygen atoms in total. The molecule has 3 aromatic heterocycles. The monoisotopic (exact) mass is 319 g/mol. The average molecular weight is 319 g/mol. The molecule has 0 aliphatic carbocycles. The highest BCUT2D eigenvalue weighted by molar-refractivity contribution is 7.23. The van der Waals surface area contributed by atoms with E-state index in [0.29, 0.717) is 0 Å². The first-order chi connectivity index (χ1) is 10.4. The number of thiophene rings is 1. The van der Waals surface area contributed by atoms with E-state index in [1.165, 1.54) is 30.6 Å². The van der Waals surface area contributed by atoms with Crippen LogP contribution in [0.4, 0.5) is 0 Å². The first kappa shape index (κ1) is 13.4. The van der Waals surface area contributed by atoms with Gasteiger partial charge in [-0.1, -0.05) is 30.2 Å². The summed E-state index contributed by atoms with van der Waals surface area (Å²) in [6.07, 6.45) is 5.29. The Kier molecular flexibility index (Phi) is 3.71. The van der Waals surface area contributed by atoms with Crippen LogP contribution in [0.25, 0.3) is 14.8 Å². The molecule has 0 atom stereocenters. The summed E-state index contributed by atoms with van der Waals surface area (Å²) < 4.78 is 1.92. The van der Waals surface area contributed by atoms with E-state index < -0.39 is 0 Å². The Balaban J connectivity index is 1.60. The van der Waals surface area contributed by atoms with Gasteiger partial charge in [-0.3, -0.25) is 4.90 Å². The van der Waals surface area contributed by atoms with Crippen molar-refractivity contribution in [2.24, 2.45) is 0 Å². The van der Waals surface area contributed by atoms with E-state index in [1.54, 1.807) is 22.7 Å². The topological polar surface area (TPSA) is 46.3 Å². The molecule has 1 aliphatic heterocycles. The molecule has 4 heterocycles. The summed E-state index contributed by atoms with van der Waals surface area (Å²) >= 11 is 3.33. The van der Waals surface area contributed by atoms with Crippen LogP contribution in [0, 0.1) is 0 Å². The highest BCUT2D eigenvalue weighted by Crippen LogP contribution is 2.29. The summed E-state index contributed by atoms with van der Waals surface area (Å²) in [6, 6.07) is 4.16. The second-order valence-electron chi connectivity index (χ2n) is 5.39. The molecule has 0 saturated carbocycles. The van der Waals surface area contributed by atoms with Gasteiger partial charge in [-0.25, -0.2) is 0 Å². The lowest BCUT2D eigenvalue weighted by Crippen LogP contribution is -2.25. The van der Waals surface area contributed by atoms with Crippen LogP contribution in [0.5, 0.6) is 0 Å². The van der Waals surface area contributed by atoms with Crippen LogP contribution >= 0.6 is 22.7 Å². The van der Waals surface area contributed by atoms with Crippen molar-refractivity contribution in [3.05, 3.63) is 23.3 Å². The van der Waals surface area contributed by atoms with Crippen molar-refractivity contribution >= 4 is 27.6 Å². The molecule has 110 valence electrons. The Morgan fingerprint density at radius 1 is 1.10 bits per heavy atom. The van der Waals surface area contributed by atoms with Gasteiger partial charge in [0.15, 0.2) is 10.8 Å². The number of hydrogen-bond acceptors (Lipinski definition) is 6. The summed E-state index contributed by atoms with van der Waals surface area (Å²) in [4.78, 5) is 4.57. The maximum atomic E-state index is 4.70. The van der Waals surface area contributed by atoms with E-state index in [2.05, 4.69) is 32.6 Å². The van der Waals surface area contributed by atoms with Crippen LogP contribution in [0.3, 0.4) is 0 Å². The van der Waals surface area contributed by atoms with E-state index in [-0.39, 0.29) is 0 Å². The van der Waals surface area contributed by atoms with Crippen LogP contribution in [0.15, 0.2) is 17.5 Å². The summed E-state index contributed by atoms with van der Waals surface area (Å²) in [5, 5.41) is 16.4. The molecular formula is C14H17N5S2. The Morgan fingerprint density at radius 3 is 2.71 bits per heavy atom. The second kappa shape index (κ2) is 5.82. The van der Waals surface area contributed by atoms with Crippen molar-refractivity contribution in [1.82, 2.24) is 24.7 Å². The third-order valence-electron chi connectivity index (χ3n) is 3.85. The highest BCUT2D eigenvalue weighted by Gasteiger charge is 2.17. The molecule has 3 aromatic rings. The van der Waals surface area contributed by atoms with E-state index >= 15 is 0 Å². The van der Waals surface area contributed by atoms with Crippen molar-refractivity contribution in [3.63, 3.8) is 0 Å². The molecule has 0 radical (unpaired) electrons. The minimum absolute atomic E-state index is 0.856. The lowest BCUT2D eigenvalue weighted by Gasteiger charge is -2.17. The molecule has 0 unspecified atom stereocenters. The molecule has 1 aliphatic rings. The molecule has 1 fully saturated rings. The molecule has 4 rings (SSSR count). The average Bonchev–Trinajstić information content (AvgIpc) is 3.15. The fourth-order valence-corrected chi connectivity index (χ4v) is 4.40. The Morgan fingerprint density at radius 2 is 1.95 bits per heavy atom. The van der Waals surface area contributed by atoms with Gasteiger partial charge in [0.2, 0.25) is 4.96 Å². The van der Waals surface area contributed by atoms with E-state index in [0.717, 1.165) is 35.4 Å². The molecule has 0 spiro atoms. The lowest BCUT2D eigenvalue weighted by atomic mass is 10.2. The smallest absolute Gasteiger partial charge is 0.235 e. The minimum atomic E-state index is 0.856. The lowest BCUT2D eigenvalue weighted by molar-refractivity contribution is 0.268. The summed E-state index contributed by atoms with van der Waals surface area (Å²) in [6.45, 7) is 3.18. The Labute approximate surface area is 131 Å². The zero-order chi connectivity index (χ0) is 14.1. The zero-order valence-electron chi connectivity index (χ0n) is 11.7. The molecule has 0 amide bonds. The number of rotatable bonds is 3. The molecule has 0 bridgehead atoms. The minimum Gasteiger partial charge on any atom is -0.296 e. The van der Waals surface area contributed by atoms with Gasteiger partial charge < -0.3 is 0 Å². The molecule has 7 heteroatoms. The Hall–Kier alpha value is -1.31. The highest BCUT2D eigenvalue weighted by atomic mass is 32.1. The van der Waals surface area contributed by atoms with Gasteiger partial charge in [-0.15, -0.1) is 21.5 Å². The van der Waals surface area contributed by atoms with Gasteiger partial charge in [-0.05, 0) is 37.4 Å². The summed E-state index contributed by atoms with van der Waals surface area (Å²) in [7, 11) is 0. The van der Waals surface area contributed by atoms with E-state index in [9.17, 15) is 0 Å². The van der Waals surface area contributed by atoms with Crippen LogP contribution in [0.2, 0.25) is 0 Å². The molecule has 0 aromatic carbocycles. The van der Waals surface area contributed by atoms with Crippen LogP contribution in [-0.2, 0) is 6.54 Å². The predicted molar refractivity (Wildman–Crippen MR) is 85.7 cm³/mol. The molecular weight excluding hydrogens is 302 g/mol. The number of nitrogens with zero attached hydrogens (tertiary/aromatic N) is 5. The SMILES string of the molecule is c1csc(-c2nn3c(CN4CCCCCC4)nnc3s2)c1. The van der Waals surface area contributed by atoms with Gasteiger partial charge in [0.05, 0.1) is 11.4 Å². The summed E-state index contributed by atoms with van der Waals surface area (Å²) in [5.74, 6) is 0.964. The van der Waals surface area contributed by atoms with Crippen molar-refractivity contribution in [2.45, 2.75) is 32.2 Å². The third-order valence-corrected chi connectivity index (χ3v) is 5.79. The quantitative estimate of drug-likeness (QED) is 0.743. The largest absolute Gasteiger partial charge is 0.296 e. The van der Waals surface area contributed by atoms with Gasteiger partial charge >= 0.3 is 0 Å². The molecule has 0 N–H and O–H groups in total. The van der Waals surface area contributed by atoms with Crippen molar-refractivity contribution in [1.29, 1.82) is 0 Å². The van der Waals surface area contributed by atoms with Crippen molar-refractivity contribution < 1.29 is 0 Å². The molecule has 21 heavy (non-hydrogen) atoms. The number of hydrogen-bond donors (Lipinski definition) is 0. The van der Waals surface area contributed by atoms with Gasteiger partial charge in [0.25, 0.3) is 0 Å². The van der Waals surface area contributed by atoms with E-state index in [1.807, 2.05) is 4.52 Å². The Bertz CT molecular complexity index is 707. The number of aromatic nitrogens is 4. The summed E-state index contributed by atoms with van der Waals surface area (Å²) in [5.41, 5.74) is 0. The first-order valence-corrected chi connectivity index (χ1v) is 9.07. The standard InChI is InChI=1S/C14H17N5S2/c1-2-4-8-18(7-3-1)10-12-15-16-14-19(12)17-13(21-14)11-6-5-9-20-11/h5-6,9H,1-4,7-8,10H2. The van der Waals surface area contributed by atoms with Gasteiger partial charge in [0.1, 0.15) is 0 Å². The van der Waals surface area contributed by atoms with Gasteiger partial charge in [-0.2, -0.15) is 9.61 Å². The third kappa shape index (κ3) is 2.73. The zero-order valence-corrected chi connectivity index (χ0v) is 13.4.